The lowest BCUT2D eigenvalue weighted by molar-refractivity contribution is -0.596. The molecular weight excluding hydrogens is 262 g/mol. The Balaban J connectivity index is 2.39. The van der Waals surface area contributed by atoms with E-state index in [1.165, 1.54) is 24.5 Å². The van der Waals surface area contributed by atoms with Gasteiger partial charge in [-0.25, -0.2) is 8.42 Å². The summed E-state index contributed by atoms with van der Waals surface area (Å²) in [6.45, 7) is 0. The Morgan fingerprint density at radius 3 is 2.00 bits per heavy atom. The van der Waals surface area contributed by atoms with Gasteiger partial charge in [-0.1, -0.05) is 11.6 Å². The molecule has 0 atom stereocenters. The van der Waals surface area contributed by atoms with Crippen molar-refractivity contribution in [2.75, 3.05) is 0 Å². The van der Waals surface area contributed by atoms with E-state index in [1.54, 1.807) is 28.8 Å². The molecule has 0 amide bonds. The average Bonchev–Trinajstić information content (AvgIpc) is 2.29. The van der Waals surface area contributed by atoms with Crippen LogP contribution < -0.4 is 4.57 Å². The van der Waals surface area contributed by atoms with Crippen LogP contribution in [0.2, 0.25) is 5.02 Å². The fourth-order valence-corrected chi connectivity index (χ4v) is 1.95. The van der Waals surface area contributed by atoms with E-state index in [0.717, 1.165) is 5.69 Å². The van der Waals surface area contributed by atoms with Gasteiger partial charge in [-0.15, -0.1) is 0 Å². The summed E-state index contributed by atoms with van der Waals surface area (Å²) in [6, 6.07) is 9.54. The predicted octanol–water partition coefficient (Wildman–Crippen LogP) is 1.52. The van der Waals surface area contributed by atoms with Gasteiger partial charge in [-0.2, -0.15) is 4.57 Å². The number of nitrogens with zero attached hydrogens (tertiary/aromatic N) is 1. The highest BCUT2D eigenvalue weighted by Crippen LogP contribution is 2.10. The third-order valence-corrected chi connectivity index (χ3v) is 3.31. The number of halogens is 1. The van der Waals surface area contributed by atoms with Crippen molar-refractivity contribution >= 4 is 21.7 Å². The zero-order valence-electron chi connectivity index (χ0n) is 8.58. The Labute approximate surface area is 104 Å². The van der Waals surface area contributed by atoms with Gasteiger partial charge in [0.2, 0.25) is 5.69 Å². The molecule has 0 aliphatic carbocycles. The van der Waals surface area contributed by atoms with E-state index in [1.807, 2.05) is 0 Å². The number of benzene rings is 1. The van der Waals surface area contributed by atoms with E-state index < -0.39 is 10.1 Å². The Bertz CT molecular complexity index is 621. The van der Waals surface area contributed by atoms with Crippen molar-refractivity contribution in [3.05, 3.63) is 53.8 Å². The standard InChI is InChI=1S/C11H8ClNO3S/c12-9-1-3-10(4-2-9)13-7-5-11(6-8-13)17(14,15)16/h1-8H. The fraction of sp³-hybridized carbons (Fsp3) is 0. The summed E-state index contributed by atoms with van der Waals surface area (Å²) < 4.78 is 33.9. The SMILES string of the molecule is O=S(=O)([O-])c1cc[n+](-c2ccc(Cl)cc2)cc1. The third-order valence-electron chi connectivity index (χ3n) is 2.21. The van der Waals surface area contributed by atoms with E-state index in [0.29, 0.717) is 5.02 Å². The van der Waals surface area contributed by atoms with E-state index >= 15 is 0 Å². The first-order valence-corrected chi connectivity index (χ1v) is 6.48. The highest BCUT2D eigenvalue weighted by atomic mass is 35.5. The predicted molar refractivity (Wildman–Crippen MR) is 60.9 cm³/mol. The fourth-order valence-electron chi connectivity index (χ4n) is 1.36. The molecule has 1 aromatic heterocycles. The lowest BCUT2D eigenvalue weighted by atomic mass is 10.3. The topological polar surface area (TPSA) is 61.1 Å². The molecule has 0 N–H and O–H groups in total. The van der Waals surface area contributed by atoms with Gasteiger partial charge in [0.25, 0.3) is 0 Å². The van der Waals surface area contributed by atoms with Crippen LogP contribution in [-0.4, -0.2) is 13.0 Å². The molecule has 0 bridgehead atoms. The Morgan fingerprint density at radius 1 is 1.00 bits per heavy atom. The molecule has 0 aliphatic rings. The normalized spacial score (nSPS) is 11.4. The average molecular weight is 270 g/mol. The van der Waals surface area contributed by atoms with Crippen molar-refractivity contribution in [2.24, 2.45) is 0 Å². The third kappa shape index (κ3) is 2.82. The molecule has 2 aromatic rings. The van der Waals surface area contributed by atoms with Gasteiger partial charge in [0, 0.05) is 29.3 Å². The zero-order valence-corrected chi connectivity index (χ0v) is 10.1. The molecular formula is C11H8ClNO3S. The number of hydrogen-bond donors (Lipinski definition) is 0. The summed E-state index contributed by atoms with van der Waals surface area (Å²) >= 11 is 5.75. The van der Waals surface area contributed by atoms with E-state index in [-0.39, 0.29) is 4.90 Å². The van der Waals surface area contributed by atoms with Gasteiger partial charge in [0.1, 0.15) is 10.1 Å². The number of aromatic nitrogens is 1. The monoisotopic (exact) mass is 269 g/mol. The minimum atomic E-state index is -4.39. The van der Waals surface area contributed by atoms with E-state index in [9.17, 15) is 13.0 Å². The largest absolute Gasteiger partial charge is 0.744 e. The molecule has 88 valence electrons. The molecule has 2 rings (SSSR count). The van der Waals surface area contributed by atoms with Gasteiger partial charge in [0.15, 0.2) is 12.4 Å². The molecule has 1 heterocycles. The Morgan fingerprint density at radius 2 is 1.53 bits per heavy atom. The maximum Gasteiger partial charge on any atom is 0.210 e. The van der Waals surface area contributed by atoms with Crippen LogP contribution in [0.3, 0.4) is 0 Å². The molecule has 6 heteroatoms. The van der Waals surface area contributed by atoms with Gasteiger partial charge < -0.3 is 4.55 Å². The van der Waals surface area contributed by atoms with Crippen LogP contribution >= 0.6 is 11.6 Å². The van der Waals surface area contributed by atoms with E-state index in [4.69, 9.17) is 11.6 Å². The molecule has 0 spiro atoms. The first kappa shape index (κ1) is 12.0. The highest BCUT2D eigenvalue weighted by Gasteiger charge is 2.07. The number of rotatable bonds is 2. The summed E-state index contributed by atoms with van der Waals surface area (Å²) in [7, 11) is -4.39. The Kier molecular flexibility index (Phi) is 3.15. The second kappa shape index (κ2) is 4.44. The summed E-state index contributed by atoms with van der Waals surface area (Å²) in [5.74, 6) is 0. The quantitative estimate of drug-likeness (QED) is 0.613. The summed E-state index contributed by atoms with van der Waals surface area (Å²) in [4.78, 5) is -0.247. The van der Waals surface area contributed by atoms with Crippen molar-refractivity contribution in [1.82, 2.24) is 0 Å². The Hall–Kier alpha value is -1.43. The maximum atomic E-state index is 10.7. The second-order valence-corrected chi connectivity index (χ2v) is 5.19. The molecule has 1 aromatic carbocycles. The van der Waals surface area contributed by atoms with Crippen LogP contribution in [0, 0.1) is 0 Å². The van der Waals surface area contributed by atoms with Crippen LogP contribution in [0.5, 0.6) is 0 Å². The van der Waals surface area contributed by atoms with Crippen LogP contribution in [0.1, 0.15) is 0 Å². The van der Waals surface area contributed by atoms with Crippen molar-refractivity contribution in [1.29, 1.82) is 0 Å². The van der Waals surface area contributed by atoms with Crippen LogP contribution in [0.15, 0.2) is 53.7 Å². The van der Waals surface area contributed by atoms with Gasteiger partial charge in [-0.3, -0.25) is 0 Å². The first-order valence-electron chi connectivity index (χ1n) is 4.70. The minimum Gasteiger partial charge on any atom is -0.744 e. The van der Waals surface area contributed by atoms with E-state index in [2.05, 4.69) is 0 Å². The molecule has 0 fully saturated rings. The zero-order chi connectivity index (χ0) is 12.5. The highest BCUT2D eigenvalue weighted by molar-refractivity contribution is 7.85. The smallest absolute Gasteiger partial charge is 0.210 e. The molecule has 0 aliphatic heterocycles. The molecule has 0 saturated heterocycles. The van der Waals surface area contributed by atoms with Crippen molar-refractivity contribution in [2.45, 2.75) is 4.90 Å². The summed E-state index contributed by atoms with van der Waals surface area (Å²) in [5.41, 5.74) is 0.823. The lowest BCUT2D eigenvalue weighted by Crippen LogP contribution is -2.29. The van der Waals surface area contributed by atoms with Crippen LogP contribution in [0.25, 0.3) is 5.69 Å². The molecule has 4 nitrogen and oxygen atoms in total. The molecule has 0 saturated carbocycles. The van der Waals surface area contributed by atoms with Crippen molar-refractivity contribution in [3.8, 4) is 5.69 Å². The lowest BCUT2D eigenvalue weighted by Gasteiger charge is -2.04. The van der Waals surface area contributed by atoms with Gasteiger partial charge in [0.05, 0.1) is 4.90 Å². The van der Waals surface area contributed by atoms with Crippen LogP contribution in [-0.2, 0) is 10.1 Å². The van der Waals surface area contributed by atoms with Crippen LogP contribution in [0.4, 0.5) is 0 Å². The van der Waals surface area contributed by atoms with Gasteiger partial charge >= 0.3 is 0 Å². The molecule has 0 unspecified atom stereocenters. The second-order valence-electron chi connectivity index (χ2n) is 3.37. The van der Waals surface area contributed by atoms with Crippen molar-refractivity contribution in [3.63, 3.8) is 0 Å². The maximum absolute atomic E-state index is 10.7. The van der Waals surface area contributed by atoms with Gasteiger partial charge in [-0.05, 0) is 12.1 Å². The minimum absolute atomic E-state index is 0.247. The summed E-state index contributed by atoms with van der Waals surface area (Å²) in [6.07, 6.45) is 3.02. The summed E-state index contributed by atoms with van der Waals surface area (Å²) in [5, 5.41) is 0.619. The molecule has 0 radical (unpaired) electrons. The number of hydrogen-bond acceptors (Lipinski definition) is 3. The molecule has 17 heavy (non-hydrogen) atoms. The first-order chi connectivity index (χ1) is 7.97. The van der Waals surface area contributed by atoms with Crippen molar-refractivity contribution < 1.29 is 17.5 Å². The number of pyridine rings is 1.